The van der Waals surface area contributed by atoms with E-state index in [9.17, 15) is 0 Å². The molecule has 1 aliphatic rings. The summed E-state index contributed by atoms with van der Waals surface area (Å²) in [4.78, 5) is 0. The number of hydrogen-bond donors (Lipinski definition) is 1. The van der Waals surface area contributed by atoms with Gasteiger partial charge in [-0.1, -0.05) is 39.3 Å². The Hall–Kier alpha value is -0.340. The number of ether oxygens (including phenoxy) is 1. The summed E-state index contributed by atoms with van der Waals surface area (Å²) in [6.07, 6.45) is 5.10. The standard InChI is InChI=1S/C13H25NO/c1-10(2)12(9-14-11(3)4)8-13-6-5-7-15-13/h8,10-11,13-14H,5-7,9H2,1-4H3. The molecule has 0 spiro atoms. The van der Waals surface area contributed by atoms with Crippen molar-refractivity contribution in [3.8, 4) is 0 Å². The van der Waals surface area contributed by atoms with Crippen LogP contribution in [0.3, 0.4) is 0 Å². The zero-order valence-corrected chi connectivity index (χ0v) is 10.5. The Kier molecular flexibility index (Phi) is 5.34. The Morgan fingerprint density at radius 1 is 1.40 bits per heavy atom. The van der Waals surface area contributed by atoms with Crippen LogP contribution in [0, 0.1) is 5.92 Å². The molecule has 1 fully saturated rings. The molecule has 1 aliphatic heterocycles. The topological polar surface area (TPSA) is 21.3 Å². The maximum Gasteiger partial charge on any atom is 0.0759 e. The summed E-state index contributed by atoms with van der Waals surface area (Å²) in [6, 6.07) is 0.552. The van der Waals surface area contributed by atoms with E-state index >= 15 is 0 Å². The number of nitrogens with one attached hydrogen (secondary N) is 1. The molecular weight excluding hydrogens is 186 g/mol. The Labute approximate surface area is 94.1 Å². The van der Waals surface area contributed by atoms with Crippen LogP contribution in [0.25, 0.3) is 0 Å². The van der Waals surface area contributed by atoms with Crippen LogP contribution in [0.2, 0.25) is 0 Å². The molecule has 1 unspecified atom stereocenters. The zero-order valence-electron chi connectivity index (χ0n) is 10.5. The molecule has 1 heterocycles. The summed E-state index contributed by atoms with van der Waals surface area (Å²) >= 11 is 0. The molecule has 0 aromatic carbocycles. The number of rotatable bonds is 5. The van der Waals surface area contributed by atoms with E-state index in [1.54, 1.807) is 0 Å². The van der Waals surface area contributed by atoms with Crippen LogP contribution in [0.5, 0.6) is 0 Å². The van der Waals surface area contributed by atoms with Crippen molar-refractivity contribution in [2.45, 2.75) is 52.7 Å². The van der Waals surface area contributed by atoms with E-state index in [1.807, 2.05) is 0 Å². The highest BCUT2D eigenvalue weighted by Gasteiger charge is 2.15. The molecule has 88 valence electrons. The summed E-state index contributed by atoms with van der Waals surface area (Å²) in [6.45, 7) is 10.8. The van der Waals surface area contributed by atoms with Gasteiger partial charge in [-0.15, -0.1) is 0 Å². The summed E-state index contributed by atoms with van der Waals surface area (Å²) in [7, 11) is 0. The highest BCUT2D eigenvalue weighted by Crippen LogP contribution is 2.18. The molecule has 0 radical (unpaired) electrons. The monoisotopic (exact) mass is 211 g/mol. The molecule has 2 nitrogen and oxygen atoms in total. The third-order valence-electron chi connectivity index (χ3n) is 2.82. The molecule has 0 aromatic heterocycles. The quantitative estimate of drug-likeness (QED) is 0.706. The molecule has 1 saturated heterocycles. The van der Waals surface area contributed by atoms with Crippen LogP contribution >= 0.6 is 0 Å². The lowest BCUT2D eigenvalue weighted by Crippen LogP contribution is -2.27. The highest BCUT2D eigenvalue weighted by molar-refractivity contribution is 5.10. The molecule has 0 amide bonds. The minimum absolute atomic E-state index is 0.372. The predicted octanol–water partition coefficient (Wildman–Crippen LogP) is 2.75. The van der Waals surface area contributed by atoms with Gasteiger partial charge in [0.15, 0.2) is 0 Å². The predicted molar refractivity (Wildman–Crippen MR) is 65.0 cm³/mol. The van der Waals surface area contributed by atoms with Crippen LogP contribution in [-0.4, -0.2) is 25.3 Å². The second-order valence-electron chi connectivity index (χ2n) is 4.98. The van der Waals surface area contributed by atoms with Crippen LogP contribution < -0.4 is 5.32 Å². The molecule has 0 bridgehead atoms. The van der Waals surface area contributed by atoms with Crippen molar-refractivity contribution in [2.75, 3.05) is 13.2 Å². The van der Waals surface area contributed by atoms with Crippen molar-refractivity contribution in [1.29, 1.82) is 0 Å². The summed E-state index contributed by atoms with van der Waals surface area (Å²) in [5, 5.41) is 3.48. The molecule has 1 rings (SSSR count). The van der Waals surface area contributed by atoms with Gasteiger partial charge in [0.1, 0.15) is 0 Å². The molecule has 2 heteroatoms. The lowest BCUT2D eigenvalue weighted by atomic mass is 10.0. The molecule has 1 atom stereocenters. The van der Waals surface area contributed by atoms with Crippen LogP contribution in [-0.2, 0) is 4.74 Å². The summed E-state index contributed by atoms with van der Waals surface area (Å²) in [5.74, 6) is 0.612. The normalized spacial score (nSPS) is 23.1. The van der Waals surface area contributed by atoms with Crippen molar-refractivity contribution in [3.05, 3.63) is 11.6 Å². The van der Waals surface area contributed by atoms with Gasteiger partial charge in [0.25, 0.3) is 0 Å². The molecule has 15 heavy (non-hydrogen) atoms. The Morgan fingerprint density at radius 3 is 2.60 bits per heavy atom. The van der Waals surface area contributed by atoms with Gasteiger partial charge in [0.2, 0.25) is 0 Å². The Morgan fingerprint density at radius 2 is 2.13 bits per heavy atom. The fourth-order valence-electron chi connectivity index (χ4n) is 1.75. The SMILES string of the molecule is CC(C)NCC(=CC1CCCO1)C(C)C. The fraction of sp³-hybridized carbons (Fsp3) is 0.846. The zero-order chi connectivity index (χ0) is 11.3. The first kappa shape index (κ1) is 12.7. The van der Waals surface area contributed by atoms with Gasteiger partial charge in [-0.25, -0.2) is 0 Å². The first-order chi connectivity index (χ1) is 7.09. The van der Waals surface area contributed by atoms with Crippen LogP contribution in [0.4, 0.5) is 0 Å². The van der Waals surface area contributed by atoms with Crippen LogP contribution in [0.1, 0.15) is 40.5 Å². The van der Waals surface area contributed by atoms with Gasteiger partial charge in [-0.2, -0.15) is 0 Å². The largest absolute Gasteiger partial charge is 0.374 e. The second kappa shape index (κ2) is 6.29. The molecule has 0 aromatic rings. The van der Waals surface area contributed by atoms with E-state index in [0.29, 0.717) is 18.1 Å². The minimum atomic E-state index is 0.372. The highest BCUT2D eigenvalue weighted by atomic mass is 16.5. The lowest BCUT2D eigenvalue weighted by Gasteiger charge is -2.16. The third kappa shape index (κ3) is 4.80. The van der Waals surface area contributed by atoms with Crippen molar-refractivity contribution in [3.63, 3.8) is 0 Å². The van der Waals surface area contributed by atoms with E-state index < -0.39 is 0 Å². The molecular formula is C13H25NO. The lowest BCUT2D eigenvalue weighted by molar-refractivity contribution is 0.144. The smallest absolute Gasteiger partial charge is 0.0759 e. The fourth-order valence-corrected chi connectivity index (χ4v) is 1.75. The van der Waals surface area contributed by atoms with Gasteiger partial charge in [0.05, 0.1) is 6.10 Å². The summed E-state index contributed by atoms with van der Waals surface area (Å²) < 4.78 is 5.64. The van der Waals surface area contributed by atoms with Crippen molar-refractivity contribution < 1.29 is 4.74 Å². The van der Waals surface area contributed by atoms with Gasteiger partial charge in [0, 0.05) is 19.2 Å². The maximum absolute atomic E-state index is 5.64. The maximum atomic E-state index is 5.64. The van der Waals surface area contributed by atoms with Gasteiger partial charge in [-0.05, 0) is 18.8 Å². The molecule has 1 N–H and O–H groups in total. The van der Waals surface area contributed by atoms with Crippen molar-refractivity contribution >= 4 is 0 Å². The summed E-state index contributed by atoms with van der Waals surface area (Å²) in [5.41, 5.74) is 1.48. The first-order valence-corrected chi connectivity index (χ1v) is 6.15. The molecule has 0 aliphatic carbocycles. The third-order valence-corrected chi connectivity index (χ3v) is 2.82. The molecule has 0 saturated carbocycles. The Balaban J connectivity index is 2.48. The van der Waals surface area contributed by atoms with E-state index in [0.717, 1.165) is 13.2 Å². The van der Waals surface area contributed by atoms with Crippen LogP contribution in [0.15, 0.2) is 11.6 Å². The average molecular weight is 211 g/mol. The Bertz CT molecular complexity index is 203. The first-order valence-electron chi connectivity index (χ1n) is 6.15. The number of hydrogen-bond acceptors (Lipinski definition) is 2. The van der Waals surface area contributed by atoms with E-state index in [1.165, 1.54) is 18.4 Å². The van der Waals surface area contributed by atoms with Gasteiger partial charge >= 0.3 is 0 Å². The van der Waals surface area contributed by atoms with Crippen molar-refractivity contribution in [1.82, 2.24) is 5.32 Å². The second-order valence-corrected chi connectivity index (χ2v) is 4.98. The van der Waals surface area contributed by atoms with Gasteiger partial charge in [-0.3, -0.25) is 0 Å². The average Bonchev–Trinajstić information content (AvgIpc) is 2.63. The van der Waals surface area contributed by atoms with E-state index in [-0.39, 0.29) is 0 Å². The van der Waals surface area contributed by atoms with E-state index in [2.05, 4.69) is 39.1 Å². The van der Waals surface area contributed by atoms with Gasteiger partial charge < -0.3 is 10.1 Å². The minimum Gasteiger partial charge on any atom is -0.374 e. The van der Waals surface area contributed by atoms with E-state index in [4.69, 9.17) is 4.74 Å². The van der Waals surface area contributed by atoms with Crippen molar-refractivity contribution in [2.24, 2.45) is 5.92 Å².